The minimum Gasteiger partial charge on any atom is -0.378 e. The number of rotatable bonds is 5. The fraction of sp³-hybridized carbons (Fsp3) is 0.524. The molecule has 2 fully saturated rings. The molecule has 1 aromatic heterocycles. The van der Waals surface area contributed by atoms with Gasteiger partial charge in [-0.05, 0) is 43.1 Å². The van der Waals surface area contributed by atoms with E-state index in [0.29, 0.717) is 25.8 Å². The number of hydrogen-bond donors (Lipinski definition) is 0. The van der Waals surface area contributed by atoms with Gasteiger partial charge in [0.05, 0.1) is 13.2 Å². The van der Waals surface area contributed by atoms with Gasteiger partial charge >= 0.3 is 0 Å². The van der Waals surface area contributed by atoms with Crippen LogP contribution in [0, 0.1) is 11.6 Å². The Balaban J connectivity index is 1.41. The summed E-state index contributed by atoms with van der Waals surface area (Å²) in [6.07, 6.45) is 3.94. The zero-order valence-corrected chi connectivity index (χ0v) is 16.7. The number of morpholine rings is 1. The third-order valence-electron chi connectivity index (χ3n) is 5.70. The summed E-state index contributed by atoms with van der Waals surface area (Å²) in [6.45, 7) is 5.43. The molecule has 4 rings (SSSR count). The van der Waals surface area contributed by atoms with Crippen LogP contribution >= 0.6 is 0 Å². The van der Waals surface area contributed by atoms with Crippen LogP contribution in [0.15, 0.2) is 30.5 Å². The van der Waals surface area contributed by atoms with Crippen LogP contribution in [-0.2, 0) is 11.3 Å². The molecule has 2 aliphatic rings. The number of ether oxygens (including phenoxy) is 1. The number of piperidine rings is 1. The Hall–Kier alpha value is -2.32. The Morgan fingerprint density at radius 3 is 2.76 bits per heavy atom. The molecule has 1 aromatic carbocycles. The lowest BCUT2D eigenvalue weighted by Crippen LogP contribution is -2.46. The summed E-state index contributed by atoms with van der Waals surface area (Å²) in [5.74, 6) is 0.0583. The van der Waals surface area contributed by atoms with E-state index in [4.69, 9.17) is 9.72 Å². The predicted molar refractivity (Wildman–Crippen MR) is 108 cm³/mol. The van der Waals surface area contributed by atoms with Crippen LogP contribution in [0.5, 0.6) is 0 Å². The Morgan fingerprint density at radius 1 is 1.14 bits per heavy atom. The molecule has 0 aliphatic carbocycles. The third kappa shape index (κ3) is 4.82. The van der Waals surface area contributed by atoms with E-state index in [2.05, 4.69) is 26.7 Å². The van der Waals surface area contributed by atoms with Gasteiger partial charge in [-0.1, -0.05) is 6.07 Å². The van der Waals surface area contributed by atoms with Crippen LogP contribution in [0.2, 0.25) is 0 Å². The monoisotopic (exact) mass is 403 g/mol. The van der Waals surface area contributed by atoms with Gasteiger partial charge in [0.2, 0.25) is 5.95 Å². The Labute approximate surface area is 170 Å². The Bertz CT molecular complexity index is 830. The van der Waals surface area contributed by atoms with Crippen molar-refractivity contribution in [1.82, 2.24) is 14.9 Å². The van der Waals surface area contributed by atoms with Gasteiger partial charge < -0.3 is 14.5 Å². The molecule has 0 bridgehead atoms. The molecular formula is C21H27F2N5O. The van der Waals surface area contributed by atoms with Crippen LogP contribution in [0.1, 0.15) is 18.4 Å². The maximum atomic E-state index is 13.5. The van der Waals surface area contributed by atoms with Crippen molar-refractivity contribution < 1.29 is 13.5 Å². The van der Waals surface area contributed by atoms with Crippen molar-refractivity contribution in [2.75, 3.05) is 56.2 Å². The highest BCUT2D eigenvalue weighted by Crippen LogP contribution is 2.23. The summed E-state index contributed by atoms with van der Waals surface area (Å²) in [6, 6.07) is 6.40. The number of nitrogens with zero attached hydrogens (tertiary/aromatic N) is 5. The van der Waals surface area contributed by atoms with Crippen molar-refractivity contribution in [1.29, 1.82) is 0 Å². The van der Waals surface area contributed by atoms with Crippen molar-refractivity contribution in [2.45, 2.75) is 25.4 Å². The minimum absolute atomic E-state index is 0.307. The molecule has 0 N–H and O–H groups in total. The summed E-state index contributed by atoms with van der Waals surface area (Å²) < 4.78 is 32.1. The molecule has 0 radical (unpaired) electrons. The molecule has 1 unspecified atom stereocenters. The van der Waals surface area contributed by atoms with Crippen LogP contribution in [0.25, 0.3) is 0 Å². The second-order valence-corrected chi connectivity index (χ2v) is 7.70. The van der Waals surface area contributed by atoms with Gasteiger partial charge in [-0.15, -0.1) is 0 Å². The first-order valence-corrected chi connectivity index (χ1v) is 10.1. The van der Waals surface area contributed by atoms with Crippen LogP contribution in [0.3, 0.4) is 0 Å². The molecule has 1 atom stereocenters. The molecule has 2 aliphatic heterocycles. The number of aromatic nitrogens is 2. The van der Waals surface area contributed by atoms with E-state index in [0.717, 1.165) is 56.4 Å². The third-order valence-corrected chi connectivity index (χ3v) is 5.70. The number of likely N-dealkylation sites (N-methyl/N-ethyl adjacent to an activating group) is 1. The van der Waals surface area contributed by atoms with E-state index >= 15 is 0 Å². The van der Waals surface area contributed by atoms with E-state index in [1.807, 2.05) is 12.3 Å². The van der Waals surface area contributed by atoms with Crippen molar-refractivity contribution in [3.05, 3.63) is 47.7 Å². The molecule has 156 valence electrons. The number of likely N-dealkylation sites (tertiary alicyclic amines) is 1. The summed E-state index contributed by atoms with van der Waals surface area (Å²) in [7, 11) is 2.07. The lowest BCUT2D eigenvalue weighted by molar-refractivity contribution is 0.122. The maximum Gasteiger partial charge on any atom is 0.227 e. The second-order valence-electron chi connectivity index (χ2n) is 7.70. The molecule has 29 heavy (non-hydrogen) atoms. The van der Waals surface area contributed by atoms with E-state index in [9.17, 15) is 8.78 Å². The SMILES string of the molecule is CN(c1ccnc(N2CCOCC2)n1)C1CCCN(Cc2ccc(F)c(F)c2)C1. The first-order chi connectivity index (χ1) is 14.1. The lowest BCUT2D eigenvalue weighted by atomic mass is 10.0. The van der Waals surface area contributed by atoms with Gasteiger partial charge in [0.1, 0.15) is 5.82 Å². The van der Waals surface area contributed by atoms with Gasteiger partial charge in [0.25, 0.3) is 0 Å². The van der Waals surface area contributed by atoms with Gasteiger partial charge in [0.15, 0.2) is 11.6 Å². The number of hydrogen-bond acceptors (Lipinski definition) is 6. The highest BCUT2D eigenvalue weighted by molar-refractivity contribution is 5.44. The normalized spacial score (nSPS) is 20.7. The quantitative estimate of drug-likeness (QED) is 0.765. The summed E-state index contributed by atoms with van der Waals surface area (Å²) in [5.41, 5.74) is 0.795. The molecule has 0 spiro atoms. The van der Waals surface area contributed by atoms with E-state index in [-0.39, 0.29) is 0 Å². The maximum absolute atomic E-state index is 13.5. The van der Waals surface area contributed by atoms with E-state index in [1.54, 1.807) is 6.07 Å². The minimum atomic E-state index is -0.801. The van der Waals surface area contributed by atoms with Crippen LogP contribution in [0.4, 0.5) is 20.5 Å². The van der Waals surface area contributed by atoms with Gasteiger partial charge in [-0.25, -0.2) is 13.8 Å². The summed E-state index contributed by atoms with van der Waals surface area (Å²) in [4.78, 5) is 15.9. The lowest BCUT2D eigenvalue weighted by Gasteiger charge is -2.38. The molecule has 0 saturated carbocycles. The first-order valence-electron chi connectivity index (χ1n) is 10.1. The number of halogens is 2. The highest BCUT2D eigenvalue weighted by atomic mass is 19.2. The van der Waals surface area contributed by atoms with E-state index < -0.39 is 11.6 Å². The summed E-state index contributed by atoms with van der Waals surface area (Å²) in [5, 5.41) is 0. The van der Waals surface area contributed by atoms with Crippen molar-refractivity contribution in [2.24, 2.45) is 0 Å². The number of anilines is 2. The van der Waals surface area contributed by atoms with Crippen LogP contribution in [-0.4, -0.2) is 67.4 Å². The topological polar surface area (TPSA) is 44.7 Å². The molecular weight excluding hydrogens is 376 g/mol. The highest BCUT2D eigenvalue weighted by Gasteiger charge is 2.25. The molecule has 2 saturated heterocycles. The smallest absolute Gasteiger partial charge is 0.227 e. The standard InChI is InChI=1S/C21H27F2N5O/c1-26(20-6-7-24-21(25-20)28-9-11-29-12-10-28)17-3-2-8-27(15-17)14-16-4-5-18(22)19(23)13-16/h4-7,13,17H,2-3,8-12,14-15H2,1H3. The zero-order valence-electron chi connectivity index (χ0n) is 16.7. The Morgan fingerprint density at radius 2 is 1.97 bits per heavy atom. The average Bonchev–Trinajstić information content (AvgIpc) is 2.77. The van der Waals surface area contributed by atoms with Gasteiger partial charge in [-0.2, -0.15) is 4.98 Å². The molecule has 6 nitrogen and oxygen atoms in total. The summed E-state index contributed by atoms with van der Waals surface area (Å²) >= 11 is 0. The zero-order chi connectivity index (χ0) is 20.2. The first kappa shape index (κ1) is 20.0. The van der Waals surface area contributed by atoms with Crippen molar-refractivity contribution >= 4 is 11.8 Å². The fourth-order valence-corrected chi connectivity index (χ4v) is 4.03. The molecule has 3 heterocycles. The fourth-order valence-electron chi connectivity index (χ4n) is 4.03. The predicted octanol–water partition coefficient (Wildman–Crippen LogP) is 2.69. The average molecular weight is 403 g/mol. The van der Waals surface area contributed by atoms with E-state index in [1.165, 1.54) is 12.1 Å². The Kier molecular flexibility index (Phi) is 6.20. The van der Waals surface area contributed by atoms with Crippen molar-refractivity contribution in [3.63, 3.8) is 0 Å². The second kappa shape index (κ2) is 9.00. The molecule has 2 aromatic rings. The van der Waals surface area contributed by atoms with Crippen LogP contribution < -0.4 is 9.80 Å². The molecule has 0 amide bonds. The van der Waals surface area contributed by atoms with Crippen molar-refractivity contribution in [3.8, 4) is 0 Å². The number of benzene rings is 1. The van der Waals surface area contributed by atoms with Gasteiger partial charge in [0, 0.05) is 45.5 Å². The van der Waals surface area contributed by atoms with Gasteiger partial charge in [-0.3, -0.25) is 4.90 Å². The molecule has 8 heteroatoms. The largest absolute Gasteiger partial charge is 0.378 e.